The van der Waals surface area contributed by atoms with E-state index in [1.54, 1.807) is 11.4 Å². The molecule has 0 aliphatic carbocycles. The number of thiophene rings is 1. The molecule has 116 valence electrons. The molecule has 1 atom stereocenters. The highest BCUT2D eigenvalue weighted by molar-refractivity contribution is 7.91. The van der Waals surface area contributed by atoms with E-state index in [9.17, 15) is 13.2 Å². The van der Waals surface area contributed by atoms with Gasteiger partial charge >= 0.3 is 0 Å². The Kier molecular flexibility index (Phi) is 8.99. The molecule has 1 rings (SSSR count). The lowest BCUT2D eigenvalue weighted by Crippen LogP contribution is -2.44. The Morgan fingerprint density at radius 2 is 2.15 bits per heavy atom. The summed E-state index contributed by atoms with van der Waals surface area (Å²) >= 11 is 1.11. The molecule has 0 aliphatic rings. The number of carbonyl (C=O) groups is 1. The van der Waals surface area contributed by atoms with E-state index in [0.29, 0.717) is 13.1 Å². The molecule has 0 aliphatic heterocycles. The molecule has 20 heavy (non-hydrogen) atoms. The fourth-order valence-electron chi connectivity index (χ4n) is 1.39. The number of carbonyl (C=O) groups excluding carboxylic acids is 1. The Balaban J connectivity index is 0.00000361. The molecule has 0 saturated heterocycles. The second-order valence-electron chi connectivity index (χ2n) is 4.06. The van der Waals surface area contributed by atoms with Crippen molar-refractivity contribution < 1.29 is 13.2 Å². The van der Waals surface area contributed by atoms with Gasteiger partial charge in [0.05, 0.1) is 6.04 Å². The van der Waals surface area contributed by atoms with Gasteiger partial charge in [-0.3, -0.25) is 4.79 Å². The van der Waals surface area contributed by atoms with Crippen molar-refractivity contribution in [3.8, 4) is 0 Å². The molecule has 0 fully saturated rings. The summed E-state index contributed by atoms with van der Waals surface area (Å²) in [5, 5.41) is 4.34. The zero-order valence-corrected chi connectivity index (χ0v) is 13.6. The van der Waals surface area contributed by atoms with Crippen LogP contribution < -0.4 is 15.8 Å². The van der Waals surface area contributed by atoms with Gasteiger partial charge < -0.3 is 11.1 Å². The van der Waals surface area contributed by atoms with Crippen molar-refractivity contribution in [2.75, 3.05) is 13.1 Å². The van der Waals surface area contributed by atoms with E-state index in [1.165, 1.54) is 13.0 Å². The zero-order chi connectivity index (χ0) is 14.3. The predicted octanol–water partition coefficient (Wildman–Crippen LogP) is 0.692. The van der Waals surface area contributed by atoms with E-state index in [2.05, 4.69) is 10.0 Å². The fourth-order valence-corrected chi connectivity index (χ4v) is 3.61. The summed E-state index contributed by atoms with van der Waals surface area (Å²) in [7, 11) is -3.61. The molecule has 0 bridgehead atoms. The number of halogens is 1. The number of rotatable bonds is 8. The van der Waals surface area contributed by atoms with Crippen molar-refractivity contribution in [3.63, 3.8) is 0 Å². The lowest BCUT2D eigenvalue weighted by molar-refractivity contribution is -0.122. The summed E-state index contributed by atoms with van der Waals surface area (Å²) < 4.78 is 26.3. The van der Waals surface area contributed by atoms with Crippen molar-refractivity contribution in [1.82, 2.24) is 10.0 Å². The SMILES string of the molecule is CC(NS(=O)(=O)c1cccs1)C(=O)NCCCCN.Cl. The summed E-state index contributed by atoms with van der Waals surface area (Å²) in [5.41, 5.74) is 5.34. The lowest BCUT2D eigenvalue weighted by atomic mass is 10.3. The molecule has 1 aromatic rings. The van der Waals surface area contributed by atoms with Gasteiger partial charge in [0.1, 0.15) is 4.21 Å². The van der Waals surface area contributed by atoms with Crippen LogP contribution >= 0.6 is 23.7 Å². The molecule has 1 amide bonds. The number of nitrogens with one attached hydrogen (secondary N) is 2. The first kappa shape index (κ1) is 19.3. The van der Waals surface area contributed by atoms with Gasteiger partial charge in [-0.15, -0.1) is 23.7 Å². The minimum absolute atomic E-state index is 0. The Labute approximate surface area is 129 Å². The lowest BCUT2D eigenvalue weighted by Gasteiger charge is -2.13. The Morgan fingerprint density at radius 3 is 2.70 bits per heavy atom. The van der Waals surface area contributed by atoms with Gasteiger partial charge in [0.15, 0.2) is 0 Å². The van der Waals surface area contributed by atoms with Crippen LogP contribution in [0.1, 0.15) is 19.8 Å². The summed E-state index contributed by atoms with van der Waals surface area (Å²) in [6.45, 7) is 2.60. The molecule has 1 unspecified atom stereocenters. The maximum absolute atomic E-state index is 11.9. The number of hydrogen-bond acceptors (Lipinski definition) is 5. The maximum Gasteiger partial charge on any atom is 0.250 e. The van der Waals surface area contributed by atoms with Crippen LogP contribution in [0.25, 0.3) is 0 Å². The van der Waals surface area contributed by atoms with Crippen molar-refractivity contribution >= 4 is 39.7 Å². The topological polar surface area (TPSA) is 101 Å². The molecule has 0 saturated carbocycles. The maximum atomic E-state index is 11.9. The quantitative estimate of drug-likeness (QED) is 0.605. The van der Waals surface area contributed by atoms with E-state index in [1.807, 2.05) is 0 Å². The third-order valence-corrected chi connectivity index (χ3v) is 5.35. The number of hydrogen-bond donors (Lipinski definition) is 3. The van der Waals surface area contributed by atoms with E-state index in [0.717, 1.165) is 24.2 Å². The minimum Gasteiger partial charge on any atom is -0.355 e. The highest BCUT2D eigenvalue weighted by atomic mass is 35.5. The first-order valence-corrected chi connectivity index (χ1v) is 8.37. The van der Waals surface area contributed by atoms with Crippen LogP contribution in [0.4, 0.5) is 0 Å². The first-order chi connectivity index (χ1) is 8.97. The monoisotopic (exact) mass is 341 g/mol. The standard InChI is InChI=1S/C11H19N3O3S2.ClH/c1-9(11(15)13-7-3-2-6-12)14-19(16,17)10-5-4-8-18-10;/h4-5,8-9,14H,2-3,6-7,12H2,1H3,(H,13,15);1H. The van der Waals surface area contributed by atoms with Crippen LogP contribution in [0.5, 0.6) is 0 Å². The number of unbranched alkanes of at least 4 members (excludes halogenated alkanes) is 1. The van der Waals surface area contributed by atoms with Crippen LogP contribution in [0.3, 0.4) is 0 Å². The van der Waals surface area contributed by atoms with Crippen LogP contribution in [-0.2, 0) is 14.8 Å². The second-order valence-corrected chi connectivity index (χ2v) is 6.95. The van der Waals surface area contributed by atoms with E-state index in [4.69, 9.17) is 5.73 Å². The molecule has 0 radical (unpaired) electrons. The van der Waals surface area contributed by atoms with E-state index in [-0.39, 0.29) is 22.5 Å². The van der Waals surface area contributed by atoms with E-state index >= 15 is 0 Å². The van der Waals surface area contributed by atoms with Gasteiger partial charge in [0.25, 0.3) is 10.0 Å². The zero-order valence-electron chi connectivity index (χ0n) is 11.2. The van der Waals surface area contributed by atoms with E-state index < -0.39 is 16.1 Å². The normalized spacial score (nSPS) is 12.5. The molecule has 0 spiro atoms. The Morgan fingerprint density at radius 1 is 1.45 bits per heavy atom. The smallest absolute Gasteiger partial charge is 0.250 e. The van der Waals surface area contributed by atoms with Gasteiger partial charge in [-0.05, 0) is 37.8 Å². The average molecular weight is 342 g/mol. The van der Waals surface area contributed by atoms with Crippen molar-refractivity contribution in [2.24, 2.45) is 5.73 Å². The van der Waals surface area contributed by atoms with Crippen molar-refractivity contribution in [2.45, 2.75) is 30.0 Å². The van der Waals surface area contributed by atoms with Crippen LogP contribution in [0, 0.1) is 0 Å². The fraction of sp³-hybridized carbons (Fsp3) is 0.545. The Bertz CT molecular complexity index is 491. The Hall–Kier alpha value is -0.670. The molecular formula is C11H20ClN3O3S2. The predicted molar refractivity (Wildman–Crippen MR) is 82.6 cm³/mol. The van der Waals surface area contributed by atoms with Crippen LogP contribution in [0.15, 0.2) is 21.7 Å². The molecule has 1 aromatic heterocycles. The van der Waals surface area contributed by atoms with Crippen molar-refractivity contribution in [1.29, 1.82) is 0 Å². The average Bonchev–Trinajstić information content (AvgIpc) is 2.88. The highest BCUT2D eigenvalue weighted by Gasteiger charge is 2.22. The van der Waals surface area contributed by atoms with Gasteiger partial charge in [-0.25, -0.2) is 8.42 Å². The molecule has 6 nitrogen and oxygen atoms in total. The molecule has 1 heterocycles. The van der Waals surface area contributed by atoms with Gasteiger partial charge in [0, 0.05) is 6.54 Å². The highest BCUT2D eigenvalue weighted by Crippen LogP contribution is 2.15. The summed E-state index contributed by atoms with van der Waals surface area (Å²) in [5.74, 6) is -0.336. The largest absolute Gasteiger partial charge is 0.355 e. The summed E-state index contributed by atoms with van der Waals surface area (Å²) in [4.78, 5) is 11.7. The third-order valence-electron chi connectivity index (χ3n) is 2.42. The van der Waals surface area contributed by atoms with Crippen LogP contribution in [0.2, 0.25) is 0 Å². The molecule has 9 heteroatoms. The number of amides is 1. The number of sulfonamides is 1. The second kappa shape index (κ2) is 9.30. The summed E-state index contributed by atoms with van der Waals surface area (Å²) in [6, 6.07) is 2.35. The molecular weight excluding hydrogens is 322 g/mol. The van der Waals surface area contributed by atoms with Gasteiger partial charge in [-0.2, -0.15) is 4.72 Å². The molecule has 0 aromatic carbocycles. The third kappa shape index (κ3) is 6.19. The number of nitrogens with two attached hydrogens (primary N) is 1. The first-order valence-electron chi connectivity index (χ1n) is 6.01. The van der Waals surface area contributed by atoms with Crippen LogP contribution in [-0.4, -0.2) is 33.5 Å². The summed E-state index contributed by atoms with van der Waals surface area (Å²) in [6.07, 6.45) is 1.61. The van der Waals surface area contributed by atoms with Crippen molar-refractivity contribution in [3.05, 3.63) is 17.5 Å². The molecule has 4 N–H and O–H groups in total. The minimum atomic E-state index is -3.61. The van der Waals surface area contributed by atoms with Gasteiger partial charge in [-0.1, -0.05) is 6.07 Å². The van der Waals surface area contributed by atoms with Gasteiger partial charge in [0.2, 0.25) is 5.91 Å².